The van der Waals surface area contributed by atoms with Crippen LogP contribution in [0.4, 0.5) is 24.7 Å². The molecule has 0 bridgehead atoms. The van der Waals surface area contributed by atoms with Gasteiger partial charge in [0.05, 0.1) is 12.2 Å². The predicted octanol–water partition coefficient (Wildman–Crippen LogP) is 5.41. The molecule has 4 rings (SSSR count). The summed E-state index contributed by atoms with van der Waals surface area (Å²) in [6.45, 7) is 3.76. The van der Waals surface area contributed by atoms with E-state index >= 15 is 0 Å². The van der Waals surface area contributed by atoms with Crippen LogP contribution >= 0.6 is 0 Å². The van der Waals surface area contributed by atoms with Crippen molar-refractivity contribution in [3.05, 3.63) is 77.0 Å². The van der Waals surface area contributed by atoms with Gasteiger partial charge in [-0.2, -0.15) is 18.3 Å². The van der Waals surface area contributed by atoms with Crippen LogP contribution in [-0.2, 0) is 0 Å². The zero-order valence-corrected chi connectivity index (χ0v) is 16.5. The molecule has 1 aliphatic heterocycles. The summed E-state index contributed by atoms with van der Waals surface area (Å²) in [7, 11) is 0. The quantitative estimate of drug-likeness (QED) is 0.602. The standard InChI is InChI=1S/C22H21F3N4O/c1-13-7-9-15(10-8-13)18-11-19(22(23,24)25)29-20(27-18)16(12-26-29)21(30)28-17-6-4-3-5-14(17)2/h3-10,12,18-19,27H,11H2,1-2H3,(H,28,30)/t18-,19+/m1/s1. The fraction of sp³-hybridized carbons (Fsp3) is 0.273. The van der Waals surface area contributed by atoms with Crippen LogP contribution in [0, 0.1) is 13.8 Å². The average Bonchev–Trinajstić information content (AvgIpc) is 3.13. The van der Waals surface area contributed by atoms with Gasteiger partial charge in [0.25, 0.3) is 5.91 Å². The highest BCUT2D eigenvalue weighted by molar-refractivity contribution is 6.07. The van der Waals surface area contributed by atoms with Crippen LogP contribution in [0.5, 0.6) is 0 Å². The van der Waals surface area contributed by atoms with Gasteiger partial charge in [0, 0.05) is 12.1 Å². The lowest BCUT2D eigenvalue weighted by Gasteiger charge is -2.34. The van der Waals surface area contributed by atoms with Crippen LogP contribution < -0.4 is 10.6 Å². The molecule has 2 heterocycles. The number of aromatic nitrogens is 2. The van der Waals surface area contributed by atoms with Gasteiger partial charge in [-0.1, -0.05) is 48.0 Å². The van der Waals surface area contributed by atoms with Crippen molar-refractivity contribution in [1.29, 1.82) is 0 Å². The number of hydrogen-bond donors (Lipinski definition) is 2. The maximum Gasteiger partial charge on any atom is 0.410 e. The number of aryl methyl sites for hydroxylation is 2. The van der Waals surface area contributed by atoms with Gasteiger partial charge in [-0.25, -0.2) is 4.68 Å². The van der Waals surface area contributed by atoms with E-state index in [1.54, 1.807) is 24.3 Å². The summed E-state index contributed by atoms with van der Waals surface area (Å²) in [4.78, 5) is 12.9. The van der Waals surface area contributed by atoms with Gasteiger partial charge in [-0.05, 0) is 31.0 Å². The maximum atomic E-state index is 13.8. The van der Waals surface area contributed by atoms with E-state index in [-0.39, 0.29) is 17.8 Å². The maximum absolute atomic E-state index is 13.8. The third-order valence-corrected chi connectivity index (χ3v) is 5.36. The summed E-state index contributed by atoms with van der Waals surface area (Å²) in [5.41, 5.74) is 3.27. The topological polar surface area (TPSA) is 59.0 Å². The molecule has 0 saturated heterocycles. The summed E-state index contributed by atoms with van der Waals surface area (Å²) in [6, 6.07) is 12.1. The highest BCUT2D eigenvalue weighted by Crippen LogP contribution is 2.44. The number of amides is 1. The van der Waals surface area contributed by atoms with E-state index in [9.17, 15) is 18.0 Å². The second-order valence-electron chi connectivity index (χ2n) is 7.52. The minimum Gasteiger partial charge on any atom is -0.363 e. The minimum absolute atomic E-state index is 0.0697. The number of nitrogens with one attached hydrogen (secondary N) is 2. The molecule has 156 valence electrons. The molecule has 1 aromatic heterocycles. The van der Waals surface area contributed by atoms with E-state index in [4.69, 9.17) is 0 Å². The number of halogens is 3. The Balaban J connectivity index is 1.70. The van der Waals surface area contributed by atoms with Crippen LogP contribution in [0.15, 0.2) is 54.7 Å². The Kier molecular flexibility index (Phi) is 5.01. The number of benzene rings is 2. The van der Waals surface area contributed by atoms with E-state index in [1.165, 1.54) is 6.20 Å². The van der Waals surface area contributed by atoms with Gasteiger partial charge in [-0.3, -0.25) is 4.79 Å². The Labute approximate surface area is 171 Å². The van der Waals surface area contributed by atoms with Crippen LogP contribution in [0.2, 0.25) is 0 Å². The average molecular weight is 414 g/mol. The van der Waals surface area contributed by atoms with E-state index < -0.39 is 24.2 Å². The third-order valence-electron chi connectivity index (χ3n) is 5.36. The van der Waals surface area contributed by atoms with Crippen molar-refractivity contribution in [3.63, 3.8) is 0 Å². The lowest BCUT2D eigenvalue weighted by atomic mass is 9.96. The molecule has 3 aromatic rings. The van der Waals surface area contributed by atoms with E-state index in [0.29, 0.717) is 5.69 Å². The van der Waals surface area contributed by atoms with Gasteiger partial charge < -0.3 is 10.6 Å². The zero-order chi connectivity index (χ0) is 21.5. The second kappa shape index (κ2) is 7.51. The lowest BCUT2D eigenvalue weighted by Crippen LogP contribution is -2.36. The van der Waals surface area contributed by atoms with Gasteiger partial charge in [-0.15, -0.1) is 0 Å². The van der Waals surface area contributed by atoms with Gasteiger partial charge in [0.2, 0.25) is 0 Å². The summed E-state index contributed by atoms with van der Waals surface area (Å²) in [6.07, 6.45) is -3.51. The van der Waals surface area contributed by atoms with Crippen molar-refractivity contribution in [2.75, 3.05) is 10.6 Å². The number of anilines is 2. The van der Waals surface area contributed by atoms with E-state index in [1.807, 2.05) is 38.1 Å². The molecule has 2 N–H and O–H groups in total. The predicted molar refractivity (Wildman–Crippen MR) is 109 cm³/mol. The van der Waals surface area contributed by atoms with Crippen LogP contribution in [-0.4, -0.2) is 21.9 Å². The number of carbonyl (C=O) groups is 1. The van der Waals surface area contributed by atoms with Crippen molar-refractivity contribution >= 4 is 17.4 Å². The first-order chi connectivity index (χ1) is 14.2. The van der Waals surface area contributed by atoms with Crippen LogP contribution in [0.25, 0.3) is 0 Å². The highest BCUT2D eigenvalue weighted by Gasteiger charge is 2.47. The van der Waals surface area contributed by atoms with Crippen LogP contribution in [0.3, 0.4) is 0 Å². The smallest absolute Gasteiger partial charge is 0.363 e. The normalized spacial score (nSPS) is 18.4. The third kappa shape index (κ3) is 3.77. The zero-order valence-electron chi connectivity index (χ0n) is 16.5. The van der Waals surface area contributed by atoms with E-state index in [0.717, 1.165) is 21.4 Å². The molecule has 0 saturated carbocycles. The Morgan fingerprint density at radius 1 is 1.13 bits per heavy atom. The van der Waals surface area contributed by atoms with Crippen molar-refractivity contribution in [2.45, 2.75) is 38.5 Å². The first-order valence-electron chi connectivity index (χ1n) is 9.58. The first-order valence-corrected chi connectivity index (χ1v) is 9.58. The van der Waals surface area contributed by atoms with Crippen molar-refractivity contribution in [3.8, 4) is 0 Å². The lowest BCUT2D eigenvalue weighted by molar-refractivity contribution is -0.173. The van der Waals surface area contributed by atoms with Crippen molar-refractivity contribution in [2.24, 2.45) is 0 Å². The molecule has 2 atom stereocenters. The van der Waals surface area contributed by atoms with E-state index in [2.05, 4.69) is 15.7 Å². The molecule has 1 amide bonds. The first kappa shape index (κ1) is 20.0. The molecule has 0 fully saturated rings. The fourth-order valence-electron chi connectivity index (χ4n) is 3.65. The molecular weight excluding hydrogens is 393 g/mol. The summed E-state index contributed by atoms with van der Waals surface area (Å²) < 4.78 is 42.3. The molecule has 5 nitrogen and oxygen atoms in total. The second-order valence-corrected chi connectivity index (χ2v) is 7.52. The highest BCUT2D eigenvalue weighted by atomic mass is 19.4. The van der Waals surface area contributed by atoms with Gasteiger partial charge in [0.15, 0.2) is 6.04 Å². The van der Waals surface area contributed by atoms with Gasteiger partial charge >= 0.3 is 6.18 Å². The molecule has 0 spiro atoms. The Morgan fingerprint density at radius 2 is 1.83 bits per heavy atom. The van der Waals surface area contributed by atoms with Crippen molar-refractivity contribution in [1.82, 2.24) is 9.78 Å². The molecule has 0 unspecified atom stereocenters. The Morgan fingerprint density at radius 3 is 2.50 bits per heavy atom. The molecular formula is C22H21F3N4O. The largest absolute Gasteiger partial charge is 0.410 e. The molecule has 2 aromatic carbocycles. The number of para-hydroxylation sites is 1. The number of fused-ring (bicyclic) bond motifs is 1. The molecule has 0 aliphatic carbocycles. The monoisotopic (exact) mass is 414 g/mol. The van der Waals surface area contributed by atoms with Crippen molar-refractivity contribution < 1.29 is 18.0 Å². The molecule has 1 aliphatic rings. The number of hydrogen-bond acceptors (Lipinski definition) is 3. The number of alkyl halides is 3. The van der Waals surface area contributed by atoms with Crippen LogP contribution in [0.1, 0.15) is 45.6 Å². The summed E-state index contributed by atoms with van der Waals surface area (Å²) in [5, 5.41) is 9.77. The summed E-state index contributed by atoms with van der Waals surface area (Å²) >= 11 is 0. The Hall–Kier alpha value is -3.29. The molecule has 8 heteroatoms. The minimum atomic E-state index is -4.49. The number of nitrogens with zero attached hydrogens (tertiary/aromatic N) is 2. The number of rotatable bonds is 3. The SMILES string of the molecule is Cc1ccc([C@H]2C[C@@H](C(F)(F)F)n3ncc(C(=O)Nc4ccccc4C)c3N2)cc1. The van der Waals surface area contributed by atoms with Gasteiger partial charge in [0.1, 0.15) is 11.4 Å². The number of carbonyl (C=O) groups excluding carboxylic acids is 1. The molecule has 0 radical (unpaired) electrons. The Bertz CT molecular complexity index is 1070. The fourth-order valence-corrected chi connectivity index (χ4v) is 3.65. The molecule has 30 heavy (non-hydrogen) atoms. The summed E-state index contributed by atoms with van der Waals surface area (Å²) in [5.74, 6) is -0.441.